The molecule has 0 radical (unpaired) electrons. The largest absolute Gasteiger partial charge is 0.416 e. The number of hydrogen-bond acceptors (Lipinski definition) is 4. The number of amides is 2. The van der Waals surface area contributed by atoms with Gasteiger partial charge in [0.1, 0.15) is 11.9 Å². The van der Waals surface area contributed by atoms with E-state index < -0.39 is 47.0 Å². The third-order valence-electron chi connectivity index (χ3n) is 8.63. The van der Waals surface area contributed by atoms with Crippen LogP contribution in [0.1, 0.15) is 117 Å². The van der Waals surface area contributed by atoms with Crippen LogP contribution in [0.2, 0.25) is 0 Å². The van der Waals surface area contributed by atoms with E-state index >= 15 is 0 Å². The van der Waals surface area contributed by atoms with Crippen LogP contribution in [-0.2, 0) is 22.2 Å². The zero-order chi connectivity index (χ0) is 41.3. The van der Waals surface area contributed by atoms with Crippen LogP contribution in [0.15, 0.2) is 78.9 Å². The number of rotatable bonds is 12. The molecular formula is C44H57F4N5O2. The summed E-state index contributed by atoms with van der Waals surface area (Å²) in [6.07, 6.45) is 12.0. The molecule has 4 aromatic rings. The van der Waals surface area contributed by atoms with Crippen LogP contribution in [-0.4, -0.2) is 37.8 Å². The van der Waals surface area contributed by atoms with Gasteiger partial charge in [-0.3, -0.25) is 14.0 Å². The van der Waals surface area contributed by atoms with Crippen LogP contribution in [0.25, 0.3) is 16.9 Å². The Balaban J connectivity index is 0.00000121. The van der Waals surface area contributed by atoms with Gasteiger partial charge in [-0.2, -0.15) is 13.2 Å². The number of aromatic nitrogens is 3. The van der Waals surface area contributed by atoms with Crippen molar-refractivity contribution in [2.75, 3.05) is 0 Å². The van der Waals surface area contributed by atoms with Gasteiger partial charge in [0, 0.05) is 48.2 Å². The molecule has 0 saturated heterocycles. The second-order valence-corrected chi connectivity index (χ2v) is 13.6. The van der Waals surface area contributed by atoms with Gasteiger partial charge < -0.3 is 10.6 Å². The summed E-state index contributed by atoms with van der Waals surface area (Å²) in [6.45, 7) is 17.6. The summed E-state index contributed by atoms with van der Waals surface area (Å²) in [5.74, 6) is 0.331. The number of unbranched alkanes of at least 4 members (excludes halogenated alkanes) is 1. The summed E-state index contributed by atoms with van der Waals surface area (Å²) >= 11 is 0. The van der Waals surface area contributed by atoms with Crippen LogP contribution in [0, 0.1) is 24.1 Å². The molecule has 3 unspecified atom stereocenters. The van der Waals surface area contributed by atoms with E-state index in [-0.39, 0.29) is 24.2 Å². The first-order chi connectivity index (χ1) is 26.1. The quantitative estimate of drug-likeness (QED) is 0.0854. The van der Waals surface area contributed by atoms with Crippen LogP contribution in [0.5, 0.6) is 0 Å². The Kier molecular flexibility index (Phi) is 18.3. The fourth-order valence-corrected chi connectivity index (χ4v) is 5.96. The van der Waals surface area contributed by atoms with Crippen molar-refractivity contribution in [1.82, 2.24) is 25.0 Å². The molecule has 2 N–H and O–H groups in total. The first kappa shape index (κ1) is 46.2. The number of benzene rings is 2. The lowest BCUT2D eigenvalue weighted by Crippen LogP contribution is -2.54. The average Bonchev–Trinajstić information content (AvgIpc) is 3.83. The molecule has 1 saturated carbocycles. The fraction of sp³-hybridized carbons (Fsp3) is 0.455. The number of fused-ring (bicyclic) bond motifs is 1. The zero-order valence-corrected chi connectivity index (χ0v) is 33.7. The fourth-order valence-electron chi connectivity index (χ4n) is 5.96. The average molecular weight is 764 g/mol. The van der Waals surface area contributed by atoms with Gasteiger partial charge in [0.15, 0.2) is 0 Å². The van der Waals surface area contributed by atoms with E-state index in [1.165, 1.54) is 24.4 Å². The maximum atomic E-state index is 14.3. The minimum Gasteiger partial charge on any atom is -0.349 e. The molecule has 1 fully saturated rings. The summed E-state index contributed by atoms with van der Waals surface area (Å²) in [7, 11) is 0. The lowest BCUT2D eigenvalue weighted by Gasteiger charge is -2.29. The summed E-state index contributed by atoms with van der Waals surface area (Å²) < 4.78 is 58.1. The van der Waals surface area contributed by atoms with E-state index in [1.807, 2.05) is 68.4 Å². The minimum absolute atomic E-state index is 0.0542. The topological polar surface area (TPSA) is 88.4 Å². The Morgan fingerprint density at radius 1 is 1.04 bits per heavy atom. The molecule has 55 heavy (non-hydrogen) atoms. The van der Waals surface area contributed by atoms with Crippen molar-refractivity contribution >= 4 is 17.6 Å². The predicted molar refractivity (Wildman–Crippen MR) is 214 cm³/mol. The number of nitrogens with zero attached hydrogens (tertiary/aromatic N) is 3. The number of allylic oxidation sites excluding steroid dienone is 1. The second kappa shape index (κ2) is 21.8. The molecule has 0 aliphatic heterocycles. The number of nitrogens with one attached hydrogen (secondary N) is 2. The Hall–Kier alpha value is -4.98. The highest BCUT2D eigenvalue weighted by Crippen LogP contribution is 2.51. The number of halogens is 4. The van der Waals surface area contributed by atoms with Gasteiger partial charge in [-0.15, -0.1) is 12.3 Å². The molecule has 0 bridgehead atoms. The predicted octanol–water partition coefficient (Wildman–Crippen LogP) is 10.5. The lowest BCUT2D eigenvalue weighted by atomic mass is 9.93. The first-order valence-corrected chi connectivity index (χ1v) is 19.1. The molecule has 2 aromatic carbocycles. The number of alkyl halides is 3. The third-order valence-corrected chi connectivity index (χ3v) is 8.63. The molecule has 5 rings (SSSR count). The van der Waals surface area contributed by atoms with Crippen molar-refractivity contribution in [2.45, 2.75) is 125 Å². The van der Waals surface area contributed by atoms with Crippen LogP contribution in [0.4, 0.5) is 17.6 Å². The number of hydrogen-bond donors (Lipinski definition) is 2. The molecule has 0 spiro atoms. The SMILES string of the molecule is C#CCC.CC.CC.CCC/C=C(\C)CC(NC(=O)C1CC1c1ccc(-c2cnc3nccn3c2)cc1C(F)(F)F)C(=O)NC(C)(C)Cc1ccc(F)cc1. The van der Waals surface area contributed by atoms with Crippen LogP contribution >= 0.6 is 0 Å². The smallest absolute Gasteiger partial charge is 0.349 e. The zero-order valence-electron chi connectivity index (χ0n) is 33.7. The van der Waals surface area contributed by atoms with E-state index in [0.29, 0.717) is 23.3 Å². The van der Waals surface area contributed by atoms with E-state index in [2.05, 4.69) is 26.5 Å². The summed E-state index contributed by atoms with van der Waals surface area (Å²) in [5, 5.41) is 5.86. The second-order valence-electron chi connectivity index (χ2n) is 13.6. The van der Waals surface area contributed by atoms with E-state index in [4.69, 9.17) is 6.42 Å². The van der Waals surface area contributed by atoms with Gasteiger partial charge >= 0.3 is 6.18 Å². The number of imidazole rings is 1. The number of terminal acetylenes is 1. The molecule has 3 atom stereocenters. The highest BCUT2D eigenvalue weighted by Gasteiger charge is 2.48. The van der Waals surface area contributed by atoms with Gasteiger partial charge in [-0.1, -0.05) is 83.9 Å². The monoisotopic (exact) mass is 763 g/mol. The minimum atomic E-state index is -4.64. The van der Waals surface area contributed by atoms with Crippen LogP contribution in [0.3, 0.4) is 0 Å². The normalized spacial score (nSPS) is 15.5. The van der Waals surface area contributed by atoms with Crippen molar-refractivity contribution in [3.63, 3.8) is 0 Å². The van der Waals surface area contributed by atoms with Gasteiger partial charge in [-0.25, -0.2) is 14.4 Å². The Morgan fingerprint density at radius 2 is 1.69 bits per heavy atom. The van der Waals surface area contributed by atoms with Crippen molar-refractivity contribution in [2.24, 2.45) is 5.92 Å². The molecule has 1 aliphatic rings. The Labute approximate surface area is 324 Å². The van der Waals surface area contributed by atoms with E-state index in [1.54, 1.807) is 41.2 Å². The van der Waals surface area contributed by atoms with Crippen molar-refractivity contribution < 1.29 is 27.2 Å². The molecule has 298 valence electrons. The summed E-state index contributed by atoms with van der Waals surface area (Å²) in [4.78, 5) is 35.4. The van der Waals surface area contributed by atoms with Gasteiger partial charge in [-0.05, 0) is 87.3 Å². The standard InChI is InChI=1S/C36H39F4N5O2.C4H6.2C2H6/c1-5-6-7-22(2)16-31(33(47)44-35(3,4)19-23-8-11-26(37)12-9-23)43-32(46)29-18-28(29)27-13-10-24(17-30(27)36(38,39)40)25-20-42-34-41-14-15-45(34)21-25;1-3-4-2;2*1-2/h7-15,17,20-21,28-29,31H,5-6,16,18-19H2,1-4H3,(H,43,46)(H,44,47);1H,4H2,2H3;2*1-2H3/b22-7+;;;. The Morgan fingerprint density at radius 3 is 2.29 bits per heavy atom. The van der Waals surface area contributed by atoms with Crippen molar-refractivity contribution in [3.05, 3.63) is 101 Å². The molecular weight excluding hydrogens is 707 g/mol. The number of carbonyl (C=O) groups is 2. The van der Waals surface area contributed by atoms with Gasteiger partial charge in [0.05, 0.1) is 5.56 Å². The number of carbonyl (C=O) groups excluding carboxylic acids is 2. The van der Waals surface area contributed by atoms with E-state index in [0.717, 1.165) is 36.5 Å². The first-order valence-electron chi connectivity index (χ1n) is 19.1. The van der Waals surface area contributed by atoms with Gasteiger partial charge in [0.2, 0.25) is 17.6 Å². The molecule has 11 heteroatoms. The highest BCUT2D eigenvalue weighted by atomic mass is 19.4. The summed E-state index contributed by atoms with van der Waals surface area (Å²) in [6, 6.07) is 9.27. The lowest BCUT2D eigenvalue weighted by molar-refractivity contribution is -0.138. The Bertz CT molecular complexity index is 1890. The molecule has 2 heterocycles. The highest BCUT2D eigenvalue weighted by molar-refractivity contribution is 5.90. The molecule has 2 aromatic heterocycles. The van der Waals surface area contributed by atoms with E-state index in [9.17, 15) is 27.2 Å². The molecule has 2 amide bonds. The van der Waals surface area contributed by atoms with Crippen molar-refractivity contribution in [1.29, 1.82) is 0 Å². The third kappa shape index (κ3) is 14.0. The van der Waals surface area contributed by atoms with Gasteiger partial charge in [0.25, 0.3) is 0 Å². The van der Waals surface area contributed by atoms with Crippen molar-refractivity contribution in [3.8, 4) is 23.5 Å². The maximum Gasteiger partial charge on any atom is 0.416 e. The maximum absolute atomic E-state index is 14.3. The molecule has 1 aliphatic carbocycles. The summed E-state index contributed by atoms with van der Waals surface area (Å²) in [5.41, 5.74) is 1.15. The van der Waals surface area contributed by atoms with Crippen LogP contribution < -0.4 is 10.6 Å². The molecule has 7 nitrogen and oxygen atoms in total.